The van der Waals surface area contributed by atoms with Gasteiger partial charge in [-0.1, -0.05) is 0 Å². The van der Waals surface area contributed by atoms with Gasteiger partial charge in [-0.25, -0.2) is 4.79 Å². The Morgan fingerprint density at radius 2 is 2.10 bits per heavy atom. The second-order valence-corrected chi connectivity index (χ2v) is 3.54. The molecule has 0 unspecified atom stereocenters. The molecule has 0 heterocycles. The van der Waals surface area contributed by atoms with Gasteiger partial charge in [0.15, 0.2) is 0 Å². The molecule has 0 amide bonds. The van der Waals surface area contributed by atoms with E-state index < -0.39 is 24.7 Å². The van der Waals surface area contributed by atoms with Crippen molar-refractivity contribution in [3.05, 3.63) is 28.8 Å². The van der Waals surface area contributed by atoms with E-state index in [0.29, 0.717) is 0 Å². The molecule has 0 aliphatic heterocycles. The Balaban J connectivity index is 3.35. The van der Waals surface area contributed by atoms with E-state index in [9.17, 15) is 18.0 Å². The van der Waals surface area contributed by atoms with E-state index in [1.165, 1.54) is 6.92 Å². The molecule has 1 aromatic carbocycles. The molecule has 5 nitrogen and oxygen atoms in total. The smallest absolute Gasteiger partial charge is 0.462 e. The third kappa shape index (κ3) is 3.86. The van der Waals surface area contributed by atoms with Gasteiger partial charge >= 0.3 is 12.3 Å². The quantitative estimate of drug-likeness (QED) is 0.859. The summed E-state index contributed by atoms with van der Waals surface area (Å²) in [6, 6.07) is 3.24. The molecule has 8 heteroatoms. The van der Waals surface area contributed by atoms with E-state index in [1.54, 1.807) is 6.07 Å². The lowest BCUT2D eigenvalue weighted by molar-refractivity contribution is -0.274. The standard InChI is InChI=1S/C12H10F3NO4/c1-2-19-11(18)9-4-8(20-12(13,14)15)3-7(6-17)10(9)5-16/h3-4,17H,2,6H2,1H3. The van der Waals surface area contributed by atoms with Gasteiger partial charge in [-0.15, -0.1) is 13.2 Å². The van der Waals surface area contributed by atoms with Crippen LogP contribution in [0.1, 0.15) is 28.4 Å². The summed E-state index contributed by atoms with van der Waals surface area (Å²) < 4.78 is 44.9. The van der Waals surface area contributed by atoms with Crippen molar-refractivity contribution in [3.63, 3.8) is 0 Å². The van der Waals surface area contributed by atoms with Crippen LogP contribution in [0.5, 0.6) is 5.75 Å². The summed E-state index contributed by atoms with van der Waals surface area (Å²) in [5, 5.41) is 18.0. The largest absolute Gasteiger partial charge is 0.573 e. The summed E-state index contributed by atoms with van der Waals surface area (Å²) in [4.78, 5) is 11.6. The molecule has 0 fully saturated rings. The van der Waals surface area contributed by atoms with E-state index in [0.717, 1.165) is 12.1 Å². The first kappa shape index (κ1) is 15.8. The number of carbonyl (C=O) groups excluding carboxylic acids is 1. The maximum absolute atomic E-state index is 12.2. The third-order valence-electron chi connectivity index (χ3n) is 2.20. The first-order valence-corrected chi connectivity index (χ1v) is 5.43. The van der Waals surface area contributed by atoms with Gasteiger partial charge in [-0.3, -0.25) is 0 Å². The summed E-state index contributed by atoms with van der Waals surface area (Å²) in [5.41, 5.74) is -0.794. The van der Waals surface area contributed by atoms with Gasteiger partial charge in [0.1, 0.15) is 11.8 Å². The number of benzene rings is 1. The van der Waals surface area contributed by atoms with Gasteiger partial charge in [0.25, 0.3) is 0 Å². The fourth-order valence-electron chi connectivity index (χ4n) is 1.49. The number of esters is 1. The van der Waals surface area contributed by atoms with Crippen LogP contribution in [0, 0.1) is 11.3 Å². The molecule has 0 saturated heterocycles. The SMILES string of the molecule is CCOC(=O)c1cc(OC(F)(F)F)cc(CO)c1C#N. The molecule has 0 saturated carbocycles. The van der Waals surface area contributed by atoms with Crippen molar-refractivity contribution in [3.8, 4) is 11.8 Å². The minimum Gasteiger partial charge on any atom is -0.462 e. The second-order valence-electron chi connectivity index (χ2n) is 3.54. The molecule has 0 bridgehead atoms. The van der Waals surface area contributed by atoms with Crippen molar-refractivity contribution in [2.24, 2.45) is 0 Å². The van der Waals surface area contributed by atoms with Crippen LogP contribution in [0.4, 0.5) is 13.2 Å². The summed E-state index contributed by atoms with van der Waals surface area (Å²) in [5.74, 6) is -1.67. The summed E-state index contributed by atoms with van der Waals surface area (Å²) in [7, 11) is 0. The number of rotatable bonds is 4. The number of carbonyl (C=O) groups is 1. The Hall–Kier alpha value is -2.27. The molecule has 108 valence electrons. The van der Waals surface area contributed by atoms with Gasteiger partial charge in [-0.2, -0.15) is 5.26 Å². The number of nitriles is 1. The molecule has 0 radical (unpaired) electrons. The molecule has 1 N–H and O–H groups in total. The van der Waals surface area contributed by atoms with Gasteiger partial charge in [0.2, 0.25) is 0 Å². The Morgan fingerprint density at radius 3 is 2.55 bits per heavy atom. The molecule has 1 rings (SSSR count). The topological polar surface area (TPSA) is 79.6 Å². The second kappa shape index (κ2) is 6.25. The normalized spacial score (nSPS) is 10.8. The van der Waals surface area contributed by atoms with E-state index >= 15 is 0 Å². The molecule has 0 spiro atoms. The minimum absolute atomic E-state index is 0.0114. The van der Waals surface area contributed by atoms with Gasteiger partial charge < -0.3 is 14.6 Å². The predicted molar refractivity (Wildman–Crippen MR) is 59.7 cm³/mol. The van der Waals surface area contributed by atoms with Crippen molar-refractivity contribution in [1.82, 2.24) is 0 Å². The zero-order chi connectivity index (χ0) is 15.3. The summed E-state index contributed by atoms with van der Waals surface area (Å²) in [6.07, 6.45) is -4.95. The number of nitrogens with zero attached hydrogens (tertiary/aromatic N) is 1. The highest BCUT2D eigenvalue weighted by Crippen LogP contribution is 2.28. The number of aliphatic hydroxyl groups is 1. The molecular formula is C12H10F3NO4. The fraction of sp³-hybridized carbons (Fsp3) is 0.333. The first-order chi connectivity index (χ1) is 9.32. The number of halogens is 3. The Morgan fingerprint density at radius 1 is 1.45 bits per heavy atom. The monoisotopic (exact) mass is 289 g/mol. The first-order valence-electron chi connectivity index (χ1n) is 5.43. The van der Waals surface area contributed by atoms with Crippen molar-refractivity contribution in [2.45, 2.75) is 19.9 Å². The average Bonchev–Trinajstić information content (AvgIpc) is 2.35. The van der Waals surface area contributed by atoms with Gasteiger partial charge in [0, 0.05) is 0 Å². The fourth-order valence-corrected chi connectivity index (χ4v) is 1.49. The van der Waals surface area contributed by atoms with Crippen LogP contribution >= 0.6 is 0 Å². The highest BCUT2D eigenvalue weighted by atomic mass is 19.4. The Bertz CT molecular complexity index is 549. The number of hydrogen-bond donors (Lipinski definition) is 1. The molecule has 0 atom stereocenters. The maximum atomic E-state index is 12.2. The van der Waals surface area contributed by atoms with Crippen molar-refractivity contribution < 1.29 is 32.5 Å². The van der Waals surface area contributed by atoms with E-state index in [2.05, 4.69) is 9.47 Å². The van der Waals surface area contributed by atoms with Crippen LogP contribution < -0.4 is 4.74 Å². The number of ether oxygens (including phenoxy) is 2. The lowest BCUT2D eigenvalue weighted by Crippen LogP contribution is -2.18. The highest BCUT2D eigenvalue weighted by Gasteiger charge is 2.32. The Kier molecular flexibility index (Phi) is 4.94. The number of aliphatic hydroxyl groups excluding tert-OH is 1. The maximum Gasteiger partial charge on any atom is 0.573 e. The molecule has 1 aromatic rings. The van der Waals surface area contributed by atoms with Gasteiger partial charge in [0.05, 0.1) is 24.3 Å². The molecule has 0 aliphatic carbocycles. The van der Waals surface area contributed by atoms with Crippen LogP contribution in [0.15, 0.2) is 12.1 Å². The summed E-state index contributed by atoms with van der Waals surface area (Å²) in [6.45, 7) is 0.778. The van der Waals surface area contributed by atoms with Crippen molar-refractivity contribution >= 4 is 5.97 Å². The van der Waals surface area contributed by atoms with Crippen LogP contribution in [0.2, 0.25) is 0 Å². The minimum atomic E-state index is -4.95. The van der Waals surface area contributed by atoms with Crippen LogP contribution in [-0.2, 0) is 11.3 Å². The lowest BCUT2D eigenvalue weighted by Gasteiger charge is -2.13. The molecule has 0 aromatic heterocycles. The van der Waals surface area contributed by atoms with E-state index in [1.807, 2.05) is 0 Å². The molecular weight excluding hydrogens is 279 g/mol. The zero-order valence-electron chi connectivity index (χ0n) is 10.3. The zero-order valence-corrected chi connectivity index (χ0v) is 10.3. The summed E-state index contributed by atoms with van der Waals surface area (Å²) >= 11 is 0. The third-order valence-corrected chi connectivity index (χ3v) is 2.20. The lowest BCUT2D eigenvalue weighted by atomic mass is 10.0. The molecule has 0 aliphatic rings. The van der Waals surface area contributed by atoms with Crippen LogP contribution in [-0.4, -0.2) is 24.0 Å². The number of alkyl halides is 3. The number of hydrogen-bond acceptors (Lipinski definition) is 5. The van der Waals surface area contributed by atoms with Crippen LogP contribution in [0.25, 0.3) is 0 Å². The van der Waals surface area contributed by atoms with E-state index in [-0.39, 0.29) is 23.3 Å². The van der Waals surface area contributed by atoms with Crippen molar-refractivity contribution in [1.29, 1.82) is 5.26 Å². The van der Waals surface area contributed by atoms with E-state index in [4.69, 9.17) is 10.4 Å². The van der Waals surface area contributed by atoms with Crippen LogP contribution in [0.3, 0.4) is 0 Å². The Labute approximate surface area is 112 Å². The average molecular weight is 289 g/mol. The van der Waals surface area contributed by atoms with Crippen molar-refractivity contribution in [2.75, 3.05) is 6.61 Å². The predicted octanol–water partition coefficient (Wildman–Crippen LogP) is 2.13. The molecule has 20 heavy (non-hydrogen) atoms. The van der Waals surface area contributed by atoms with Gasteiger partial charge in [-0.05, 0) is 24.6 Å². The highest BCUT2D eigenvalue weighted by molar-refractivity contribution is 5.93.